The molecule has 0 fully saturated rings. The quantitative estimate of drug-likeness (QED) is 0.364. The smallest absolute Gasteiger partial charge is 0.381 e. The lowest BCUT2D eigenvalue weighted by atomic mass is 10.3. The van der Waals surface area contributed by atoms with Crippen LogP contribution in [0.25, 0.3) is 0 Å². The van der Waals surface area contributed by atoms with Gasteiger partial charge in [0, 0.05) is 18.0 Å². The third kappa shape index (κ3) is 5.56. The van der Waals surface area contributed by atoms with Crippen molar-refractivity contribution in [1.82, 2.24) is 0 Å². The van der Waals surface area contributed by atoms with Gasteiger partial charge in [-0.25, -0.2) is 4.79 Å². The fourth-order valence-electron chi connectivity index (χ4n) is 0.462. The first-order valence-corrected chi connectivity index (χ1v) is 3.44. The minimum Gasteiger partial charge on any atom is -0.381 e. The second kappa shape index (κ2) is 5.23. The van der Waals surface area contributed by atoms with Crippen molar-refractivity contribution in [3.8, 4) is 0 Å². The van der Waals surface area contributed by atoms with Gasteiger partial charge in [-0.15, -0.1) is 0 Å². The number of ether oxygens (including phenoxy) is 1. The van der Waals surface area contributed by atoms with Gasteiger partial charge in [-0.3, -0.25) is 4.79 Å². The van der Waals surface area contributed by atoms with E-state index in [1.54, 1.807) is 0 Å². The summed E-state index contributed by atoms with van der Waals surface area (Å²) >= 11 is 4.77. The van der Waals surface area contributed by atoms with E-state index in [0.29, 0.717) is 0 Å². The molecule has 4 heteroatoms. The molecule has 0 spiro atoms. The Morgan fingerprint density at radius 2 is 2.10 bits per heavy atom. The Balaban J connectivity index is 3.35. The van der Waals surface area contributed by atoms with Crippen LogP contribution in [0.15, 0.2) is 0 Å². The highest BCUT2D eigenvalue weighted by Crippen LogP contribution is 1.98. The number of esters is 1. The molecule has 10 heavy (non-hydrogen) atoms. The van der Waals surface area contributed by atoms with Crippen LogP contribution in [-0.2, 0) is 9.53 Å². The van der Waals surface area contributed by atoms with Gasteiger partial charge in [0.2, 0.25) is 0 Å². The van der Waals surface area contributed by atoms with E-state index in [4.69, 9.17) is 11.6 Å². The normalized spacial score (nSPS) is 9.00. The summed E-state index contributed by atoms with van der Waals surface area (Å²) < 4.78 is 4.04. The average molecular weight is 165 g/mol. The zero-order valence-electron chi connectivity index (χ0n) is 5.72. The first-order chi connectivity index (χ1) is 4.66. The largest absolute Gasteiger partial charge is 0.411 e. The zero-order chi connectivity index (χ0) is 7.98. The number of unbranched alkanes of at least 4 members (excludes halogenated alkanes) is 1. The van der Waals surface area contributed by atoms with Gasteiger partial charge in [0.05, 0.1) is 0 Å². The molecule has 0 rings (SSSR count). The van der Waals surface area contributed by atoms with Crippen molar-refractivity contribution in [1.29, 1.82) is 0 Å². The molecule has 0 aromatic heterocycles. The van der Waals surface area contributed by atoms with Crippen molar-refractivity contribution < 1.29 is 14.3 Å². The number of carbonyl (C=O) groups is 2. The minimum atomic E-state index is -1.05. The van der Waals surface area contributed by atoms with E-state index in [1.807, 2.05) is 6.92 Å². The molecule has 58 valence electrons. The number of carbonyl (C=O) groups excluding carboxylic acids is 2. The van der Waals surface area contributed by atoms with Crippen LogP contribution in [0.5, 0.6) is 0 Å². The molecule has 0 atom stereocenters. The van der Waals surface area contributed by atoms with Crippen molar-refractivity contribution in [2.45, 2.75) is 26.2 Å². The van der Waals surface area contributed by atoms with E-state index in [1.165, 1.54) is 0 Å². The number of rotatable bonds is 3. The molecule has 0 amide bonds. The molecular formula is C6H9ClO3. The maximum atomic E-state index is 10.5. The van der Waals surface area contributed by atoms with Crippen LogP contribution < -0.4 is 0 Å². The van der Waals surface area contributed by atoms with E-state index in [0.717, 1.165) is 12.8 Å². The molecule has 0 saturated carbocycles. The van der Waals surface area contributed by atoms with Gasteiger partial charge in [-0.2, -0.15) is 0 Å². The van der Waals surface area contributed by atoms with Gasteiger partial charge in [-0.05, 0) is 6.42 Å². The standard InChI is InChI=1S/C6H9ClO3/c1-2-3-4-5(8)10-6(7)9/h2-4H2,1H3. The fourth-order valence-corrected chi connectivity index (χ4v) is 0.548. The fraction of sp³-hybridized carbons (Fsp3) is 0.667. The molecule has 3 nitrogen and oxygen atoms in total. The van der Waals surface area contributed by atoms with Gasteiger partial charge in [0.1, 0.15) is 0 Å². The highest BCUT2D eigenvalue weighted by atomic mass is 35.5. The van der Waals surface area contributed by atoms with Crippen LogP contribution in [0.2, 0.25) is 0 Å². The van der Waals surface area contributed by atoms with Crippen molar-refractivity contribution >= 4 is 23.0 Å². The van der Waals surface area contributed by atoms with E-state index in [-0.39, 0.29) is 6.42 Å². The first kappa shape index (κ1) is 9.43. The van der Waals surface area contributed by atoms with Crippen molar-refractivity contribution in [2.75, 3.05) is 0 Å². The Bertz CT molecular complexity index is 133. The summed E-state index contributed by atoms with van der Waals surface area (Å²) in [6, 6.07) is 0. The molecule has 0 heterocycles. The Morgan fingerprint density at radius 1 is 1.50 bits per heavy atom. The van der Waals surface area contributed by atoms with E-state index in [9.17, 15) is 9.59 Å². The van der Waals surface area contributed by atoms with Gasteiger partial charge in [-0.1, -0.05) is 13.3 Å². The molecule has 0 aliphatic heterocycles. The van der Waals surface area contributed by atoms with Crippen LogP contribution in [0, 0.1) is 0 Å². The predicted molar refractivity (Wildman–Crippen MR) is 36.9 cm³/mol. The molecule has 0 aromatic rings. The average Bonchev–Trinajstić information content (AvgIpc) is 1.82. The lowest BCUT2D eigenvalue weighted by Gasteiger charge is -1.95. The van der Waals surface area contributed by atoms with Crippen LogP contribution in [-0.4, -0.2) is 11.4 Å². The van der Waals surface area contributed by atoms with E-state index in [2.05, 4.69) is 4.74 Å². The molecule has 0 aliphatic rings. The summed E-state index contributed by atoms with van der Waals surface area (Å²) in [7, 11) is 0. The highest BCUT2D eigenvalue weighted by Gasteiger charge is 2.05. The number of halogens is 1. The Labute approximate surface area is 64.3 Å². The third-order valence-corrected chi connectivity index (χ3v) is 1.01. The van der Waals surface area contributed by atoms with Crippen LogP contribution in [0.1, 0.15) is 26.2 Å². The van der Waals surface area contributed by atoms with Gasteiger partial charge < -0.3 is 4.74 Å². The van der Waals surface area contributed by atoms with Gasteiger partial charge in [0.15, 0.2) is 0 Å². The maximum absolute atomic E-state index is 10.5. The lowest BCUT2D eigenvalue weighted by molar-refractivity contribution is -0.136. The lowest BCUT2D eigenvalue weighted by Crippen LogP contribution is -2.05. The molecule has 0 N–H and O–H groups in total. The summed E-state index contributed by atoms with van der Waals surface area (Å²) in [5.41, 5.74) is -1.05. The van der Waals surface area contributed by atoms with Gasteiger partial charge >= 0.3 is 11.4 Å². The third-order valence-electron chi connectivity index (χ3n) is 0.929. The Hall–Kier alpha value is -0.570. The van der Waals surface area contributed by atoms with Crippen LogP contribution in [0.3, 0.4) is 0 Å². The first-order valence-electron chi connectivity index (χ1n) is 3.07. The van der Waals surface area contributed by atoms with E-state index < -0.39 is 11.4 Å². The summed E-state index contributed by atoms with van der Waals surface area (Å²) in [5.74, 6) is -0.554. The molecule has 0 aliphatic carbocycles. The molecule has 0 radical (unpaired) electrons. The van der Waals surface area contributed by atoms with Crippen molar-refractivity contribution in [2.24, 2.45) is 0 Å². The van der Waals surface area contributed by atoms with Crippen molar-refractivity contribution in [3.63, 3.8) is 0 Å². The second-order valence-corrected chi connectivity index (χ2v) is 2.12. The number of hydrogen-bond donors (Lipinski definition) is 0. The summed E-state index contributed by atoms with van der Waals surface area (Å²) in [4.78, 5) is 20.4. The monoisotopic (exact) mass is 164 g/mol. The van der Waals surface area contributed by atoms with E-state index >= 15 is 0 Å². The SMILES string of the molecule is CCCCC(=O)OC(=O)Cl. The summed E-state index contributed by atoms with van der Waals surface area (Å²) in [6.45, 7) is 1.94. The maximum Gasteiger partial charge on any atom is 0.411 e. The highest BCUT2D eigenvalue weighted by molar-refractivity contribution is 6.61. The van der Waals surface area contributed by atoms with Crippen LogP contribution in [0.4, 0.5) is 4.79 Å². The molecule has 0 aromatic carbocycles. The summed E-state index contributed by atoms with van der Waals surface area (Å²) in [5, 5.41) is 0. The Kier molecular flexibility index (Phi) is 4.94. The summed E-state index contributed by atoms with van der Waals surface area (Å²) in [6.07, 6.45) is 1.88. The van der Waals surface area contributed by atoms with Crippen molar-refractivity contribution in [3.05, 3.63) is 0 Å². The molecule has 0 bridgehead atoms. The zero-order valence-corrected chi connectivity index (χ0v) is 6.48. The molecular weight excluding hydrogens is 156 g/mol. The molecule has 0 unspecified atom stereocenters. The molecule has 0 saturated heterocycles. The van der Waals surface area contributed by atoms with Gasteiger partial charge in [0.25, 0.3) is 0 Å². The van der Waals surface area contributed by atoms with Crippen LogP contribution >= 0.6 is 11.6 Å². The second-order valence-electron chi connectivity index (χ2n) is 1.82. The predicted octanol–water partition coefficient (Wildman–Crippen LogP) is 2.08. The number of hydrogen-bond acceptors (Lipinski definition) is 3. The topological polar surface area (TPSA) is 43.4 Å². The Morgan fingerprint density at radius 3 is 2.50 bits per heavy atom. The minimum absolute atomic E-state index is 0.259.